The maximum absolute atomic E-state index is 12.4. The molecule has 3 rings (SSSR count). The largest absolute Gasteiger partial charge is 0.325 e. The van der Waals surface area contributed by atoms with Crippen molar-refractivity contribution in [1.82, 2.24) is 15.2 Å². The number of nitrogens with one attached hydrogen (secondary N) is 3. The Morgan fingerprint density at radius 1 is 1.38 bits per heavy atom. The van der Waals surface area contributed by atoms with Gasteiger partial charge >= 0.3 is 0 Å². The predicted octanol–water partition coefficient (Wildman–Crippen LogP) is 1.17. The van der Waals surface area contributed by atoms with Gasteiger partial charge in [0.15, 0.2) is 0 Å². The average molecular weight is 372 g/mol. The number of carbonyl (C=O) groups excluding carboxylic acids is 1. The van der Waals surface area contributed by atoms with Crippen LogP contribution in [0.3, 0.4) is 0 Å². The smallest absolute Gasteiger partial charge is 0.265 e. The van der Waals surface area contributed by atoms with Crippen molar-refractivity contribution in [1.29, 1.82) is 0 Å². The van der Waals surface area contributed by atoms with E-state index in [2.05, 4.69) is 41.2 Å². The van der Waals surface area contributed by atoms with Crippen LogP contribution in [0.15, 0.2) is 21.5 Å². The molecular formula is C11H10BrN5O3S. The fourth-order valence-electron chi connectivity index (χ4n) is 1.99. The number of sulfonamides is 1. The topological polar surface area (TPSA) is 117 Å². The number of aromatic nitrogens is 3. The van der Waals surface area contributed by atoms with Gasteiger partial charge in [0, 0.05) is 10.2 Å². The van der Waals surface area contributed by atoms with Crippen molar-refractivity contribution in [2.45, 2.75) is 18.2 Å². The molecule has 21 heavy (non-hydrogen) atoms. The van der Waals surface area contributed by atoms with Crippen molar-refractivity contribution in [2.24, 2.45) is 0 Å². The van der Waals surface area contributed by atoms with Crippen molar-refractivity contribution < 1.29 is 13.2 Å². The first-order valence-corrected chi connectivity index (χ1v) is 8.17. The lowest BCUT2D eigenvalue weighted by atomic mass is 10.2. The van der Waals surface area contributed by atoms with Crippen LogP contribution in [-0.4, -0.2) is 29.5 Å². The maximum atomic E-state index is 12.4. The van der Waals surface area contributed by atoms with Crippen molar-refractivity contribution in [3.8, 4) is 0 Å². The summed E-state index contributed by atoms with van der Waals surface area (Å²) in [5.41, 5.74) is 1.24. The number of rotatable bonds is 3. The average Bonchev–Trinajstić information content (AvgIpc) is 2.92. The predicted molar refractivity (Wildman–Crippen MR) is 78.4 cm³/mol. The number of fused-ring (bicyclic) bond motifs is 1. The Morgan fingerprint density at radius 3 is 2.81 bits per heavy atom. The molecule has 1 aliphatic heterocycles. The van der Waals surface area contributed by atoms with Gasteiger partial charge in [-0.1, -0.05) is 0 Å². The number of aromatic amines is 1. The van der Waals surface area contributed by atoms with Crippen LogP contribution in [0.25, 0.3) is 0 Å². The van der Waals surface area contributed by atoms with Crippen LogP contribution >= 0.6 is 15.9 Å². The fourth-order valence-corrected chi connectivity index (χ4v) is 4.03. The van der Waals surface area contributed by atoms with Gasteiger partial charge < -0.3 is 5.32 Å². The van der Waals surface area contributed by atoms with Gasteiger partial charge in [0.2, 0.25) is 5.91 Å². The van der Waals surface area contributed by atoms with Crippen LogP contribution in [0.1, 0.15) is 11.4 Å². The molecule has 2 heterocycles. The number of aryl methyl sites for hydroxylation is 1. The van der Waals surface area contributed by atoms with Gasteiger partial charge in [0.25, 0.3) is 16.0 Å². The van der Waals surface area contributed by atoms with Gasteiger partial charge in [-0.2, -0.15) is 4.98 Å². The number of H-pyrrole nitrogens is 1. The molecule has 110 valence electrons. The number of hydrogen-bond acceptors (Lipinski definition) is 5. The molecule has 0 atom stereocenters. The number of benzene rings is 1. The van der Waals surface area contributed by atoms with Crippen LogP contribution in [0.2, 0.25) is 0 Å². The van der Waals surface area contributed by atoms with Gasteiger partial charge in [-0.25, -0.2) is 13.1 Å². The van der Waals surface area contributed by atoms with Gasteiger partial charge in [0.1, 0.15) is 10.7 Å². The zero-order valence-corrected chi connectivity index (χ0v) is 13.2. The third-order valence-corrected chi connectivity index (χ3v) is 5.18. The molecule has 8 nitrogen and oxygen atoms in total. The number of anilines is 2. The summed E-state index contributed by atoms with van der Waals surface area (Å²) in [6.45, 7) is 1.66. The number of nitrogens with zero attached hydrogens (tertiary/aromatic N) is 2. The Morgan fingerprint density at radius 2 is 2.14 bits per heavy atom. The highest BCUT2D eigenvalue weighted by molar-refractivity contribution is 9.10. The Hall–Kier alpha value is -1.94. The lowest BCUT2D eigenvalue weighted by molar-refractivity contribution is -0.115. The van der Waals surface area contributed by atoms with Gasteiger partial charge in [-0.3, -0.25) is 9.89 Å². The first kappa shape index (κ1) is 14.0. The minimum absolute atomic E-state index is 0.0280. The van der Waals surface area contributed by atoms with Crippen LogP contribution in [0.4, 0.5) is 11.6 Å². The van der Waals surface area contributed by atoms with E-state index in [0.29, 0.717) is 21.5 Å². The summed E-state index contributed by atoms with van der Waals surface area (Å²) in [5, 5.41) is 8.94. The molecule has 10 heteroatoms. The van der Waals surface area contributed by atoms with E-state index >= 15 is 0 Å². The van der Waals surface area contributed by atoms with E-state index in [0.717, 1.165) is 0 Å². The Kier molecular flexibility index (Phi) is 3.21. The summed E-state index contributed by atoms with van der Waals surface area (Å²) >= 11 is 3.21. The standard InChI is InChI=1S/C11H10BrN5O3S/c1-5-13-11(16-15-5)17-21(19,20)9-2-6-3-10(18)14-8(6)4-7(9)12/h2,4H,3H2,1H3,(H,14,18)(H2,13,15,16,17). The zero-order valence-electron chi connectivity index (χ0n) is 10.8. The third kappa shape index (κ3) is 2.63. The number of halogens is 1. The van der Waals surface area contributed by atoms with Crippen molar-refractivity contribution >= 4 is 43.5 Å². The van der Waals surface area contributed by atoms with Crippen molar-refractivity contribution in [3.05, 3.63) is 28.0 Å². The molecule has 1 aromatic heterocycles. The van der Waals surface area contributed by atoms with E-state index in [1.165, 1.54) is 6.07 Å². The molecule has 0 saturated carbocycles. The molecule has 1 aliphatic rings. The summed E-state index contributed by atoms with van der Waals surface area (Å²) in [4.78, 5) is 15.3. The van der Waals surface area contributed by atoms with E-state index in [1.54, 1.807) is 13.0 Å². The van der Waals surface area contributed by atoms with Crippen LogP contribution in [0.5, 0.6) is 0 Å². The summed E-state index contributed by atoms with van der Waals surface area (Å²) in [6.07, 6.45) is 0.158. The summed E-state index contributed by atoms with van der Waals surface area (Å²) < 4.78 is 27.4. The van der Waals surface area contributed by atoms with E-state index in [9.17, 15) is 13.2 Å². The minimum atomic E-state index is -3.85. The summed E-state index contributed by atoms with van der Waals surface area (Å²) in [6, 6.07) is 3.02. The minimum Gasteiger partial charge on any atom is -0.325 e. The molecule has 0 fully saturated rings. The first-order chi connectivity index (χ1) is 9.85. The molecule has 0 bridgehead atoms. The number of carbonyl (C=O) groups is 1. The lowest BCUT2D eigenvalue weighted by Gasteiger charge is -2.09. The number of hydrogen-bond donors (Lipinski definition) is 3. The Bertz CT molecular complexity index is 846. The van der Waals surface area contributed by atoms with Crippen molar-refractivity contribution in [2.75, 3.05) is 10.0 Å². The van der Waals surface area contributed by atoms with Crippen LogP contribution < -0.4 is 10.0 Å². The second-order valence-electron chi connectivity index (χ2n) is 4.51. The quantitative estimate of drug-likeness (QED) is 0.748. The fraction of sp³-hybridized carbons (Fsp3) is 0.182. The highest BCUT2D eigenvalue weighted by Gasteiger charge is 2.25. The van der Waals surface area contributed by atoms with E-state index < -0.39 is 10.0 Å². The highest BCUT2D eigenvalue weighted by Crippen LogP contribution is 2.33. The van der Waals surface area contributed by atoms with Crippen LogP contribution in [-0.2, 0) is 21.2 Å². The molecule has 3 N–H and O–H groups in total. The van der Waals surface area contributed by atoms with E-state index in [4.69, 9.17) is 0 Å². The normalized spacial score (nSPS) is 13.9. The molecule has 0 unspecified atom stereocenters. The molecule has 1 aromatic carbocycles. The molecule has 2 aromatic rings. The Balaban J connectivity index is 2.00. The monoisotopic (exact) mass is 371 g/mol. The van der Waals surface area contributed by atoms with E-state index in [-0.39, 0.29) is 23.2 Å². The summed E-state index contributed by atoms with van der Waals surface area (Å²) in [7, 11) is -3.85. The van der Waals surface area contributed by atoms with Gasteiger partial charge in [-0.15, -0.1) is 5.10 Å². The second kappa shape index (κ2) is 4.81. The molecule has 0 aliphatic carbocycles. The molecule has 0 saturated heterocycles. The zero-order chi connectivity index (χ0) is 15.2. The van der Waals surface area contributed by atoms with Gasteiger partial charge in [-0.05, 0) is 40.5 Å². The van der Waals surface area contributed by atoms with Crippen LogP contribution in [0, 0.1) is 6.92 Å². The molecule has 0 radical (unpaired) electrons. The van der Waals surface area contributed by atoms with Crippen molar-refractivity contribution in [3.63, 3.8) is 0 Å². The van der Waals surface area contributed by atoms with E-state index in [1.807, 2.05) is 0 Å². The molecule has 1 amide bonds. The maximum Gasteiger partial charge on any atom is 0.265 e. The summed E-state index contributed by atoms with van der Waals surface area (Å²) in [5.74, 6) is 0.300. The lowest BCUT2D eigenvalue weighted by Crippen LogP contribution is -2.15. The third-order valence-electron chi connectivity index (χ3n) is 2.90. The van der Waals surface area contributed by atoms with Gasteiger partial charge in [0.05, 0.1) is 6.42 Å². The SMILES string of the molecule is Cc1nc(NS(=O)(=O)c2cc3c(cc2Br)NC(=O)C3)n[nH]1. The highest BCUT2D eigenvalue weighted by atomic mass is 79.9. The Labute approximate surface area is 128 Å². The molecule has 0 spiro atoms. The second-order valence-corrected chi connectivity index (χ2v) is 7.02. The number of amides is 1. The first-order valence-electron chi connectivity index (χ1n) is 5.89. The molecular weight excluding hydrogens is 362 g/mol.